The summed E-state index contributed by atoms with van der Waals surface area (Å²) in [5, 5.41) is 0.662. The van der Waals surface area contributed by atoms with Gasteiger partial charge in [0.2, 0.25) is 5.88 Å². The molecule has 1 heterocycles. The molecule has 3 heteroatoms. The van der Waals surface area contributed by atoms with E-state index in [-0.39, 0.29) is 0 Å². The third-order valence-electron chi connectivity index (χ3n) is 2.01. The molecule has 0 amide bonds. The maximum atomic E-state index is 6.05. The van der Waals surface area contributed by atoms with Crippen LogP contribution in [-0.4, -0.2) is 12.1 Å². The zero-order valence-corrected chi connectivity index (χ0v) is 8.95. The number of hydrogen-bond acceptors (Lipinski definition) is 2. The molecular formula is C12H9ClNO. The van der Waals surface area contributed by atoms with Crippen molar-refractivity contribution >= 4 is 11.6 Å². The molecule has 15 heavy (non-hydrogen) atoms. The molecule has 75 valence electrons. The number of nitrogens with zero attached hydrogens (tertiary/aromatic N) is 1. The van der Waals surface area contributed by atoms with Crippen molar-refractivity contribution in [3.8, 4) is 17.1 Å². The van der Waals surface area contributed by atoms with Crippen molar-refractivity contribution in [1.29, 1.82) is 0 Å². The lowest BCUT2D eigenvalue weighted by Gasteiger charge is -2.04. The highest BCUT2D eigenvalue weighted by Crippen LogP contribution is 2.26. The van der Waals surface area contributed by atoms with Gasteiger partial charge in [-0.15, -0.1) is 0 Å². The van der Waals surface area contributed by atoms with Crippen LogP contribution in [0.15, 0.2) is 36.4 Å². The first-order chi connectivity index (χ1) is 7.31. The zero-order valence-electron chi connectivity index (χ0n) is 8.20. The van der Waals surface area contributed by atoms with E-state index in [1.807, 2.05) is 24.3 Å². The van der Waals surface area contributed by atoms with Crippen molar-refractivity contribution in [2.24, 2.45) is 0 Å². The Bertz CT molecular complexity index is 471. The van der Waals surface area contributed by atoms with Gasteiger partial charge < -0.3 is 4.74 Å². The molecule has 2 nitrogen and oxygen atoms in total. The van der Waals surface area contributed by atoms with Crippen LogP contribution in [0.5, 0.6) is 5.88 Å². The maximum absolute atomic E-state index is 6.05. The standard InChI is InChI=1S/C12H9ClNO/c1-15-12-8-4-7-11(14-12)9-5-2-3-6-10(9)13/h2-6,8H,1H3. The van der Waals surface area contributed by atoms with E-state index in [0.29, 0.717) is 16.6 Å². The lowest BCUT2D eigenvalue weighted by Crippen LogP contribution is -1.90. The second-order valence-corrected chi connectivity index (χ2v) is 3.37. The van der Waals surface area contributed by atoms with Gasteiger partial charge in [-0.05, 0) is 12.1 Å². The SMILES string of the molecule is COc1cc[c]c(-c2ccccc2Cl)n1. The van der Waals surface area contributed by atoms with E-state index in [2.05, 4.69) is 11.1 Å². The number of halogens is 1. The Labute approximate surface area is 93.5 Å². The van der Waals surface area contributed by atoms with Crippen LogP contribution < -0.4 is 4.74 Å². The third kappa shape index (κ3) is 2.10. The zero-order chi connectivity index (χ0) is 10.7. The number of methoxy groups -OCH3 is 1. The van der Waals surface area contributed by atoms with Crippen molar-refractivity contribution in [2.45, 2.75) is 0 Å². The molecule has 0 saturated heterocycles. The summed E-state index contributed by atoms with van der Waals surface area (Å²) in [5.41, 5.74) is 1.55. The molecule has 1 radical (unpaired) electrons. The van der Waals surface area contributed by atoms with Gasteiger partial charge in [0.15, 0.2) is 0 Å². The summed E-state index contributed by atoms with van der Waals surface area (Å²) in [4.78, 5) is 4.26. The van der Waals surface area contributed by atoms with Crippen molar-refractivity contribution in [3.05, 3.63) is 47.5 Å². The molecule has 0 spiro atoms. The fourth-order valence-corrected chi connectivity index (χ4v) is 1.50. The number of benzene rings is 1. The second kappa shape index (κ2) is 4.32. The number of rotatable bonds is 2. The molecule has 0 aliphatic rings. The Morgan fingerprint density at radius 2 is 2.07 bits per heavy atom. The Morgan fingerprint density at radius 1 is 1.27 bits per heavy atom. The average molecular weight is 219 g/mol. The van der Waals surface area contributed by atoms with Gasteiger partial charge in [0.05, 0.1) is 12.8 Å². The van der Waals surface area contributed by atoms with E-state index in [0.717, 1.165) is 5.56 Å². The van der Waals surface area contributed by atoms with E-state index in [4.69, 9.17) is 16.3 Å². The van der Waals surface area contributed by atoms with E-state index in [1.54, 1.807) is 19.2 Å². The van der Waals surface area contributed by atoms with Gasteiger partial charge in [0, 0.05) is 22.7 Å². The molecule has 0 unspecified atom stereocenters. The predicted molar refractivity (Wildman–Crippen MR) is 60.1 cm³/mol. The smallest absolute Gasteiger partial charge is 0.213 e. The Morgan fingerprint density at radius 3 is 2.80 bits per heavy atom. The molecule has 0 atom stereocenters. The first-order valence-electron chi connectivity index (χ1n) is 4.49. The quantitative estimate of drug-likeness (QED) is 0.772. The van der Waals surface area contributed by atoms with E-state index >= 15 is 0 Å². The number of ether oxygens (including phenoxy) is 1. The molecule has 0 aliphatic heterocycles. The van der Waals surface area contributed by atoms with Crippen molar-refractivity contribution in [1.82, 2.24) is 4.98 Å². The first kappa shape index (κ1) is 9.99. The number of aromatic nitrogens is 1. The molecule has 2 rings (SSSR count). The van der Waals surface area contributed by atoms with Crippen LogP contribution in [0.25, 0.3) is 11.3 Å². The molecule has 1 aromatic heterocycles. The van der Waals surface area contributed by atoms with Crippen LogP contribution in [0.2, 0.25) is 5.02 Å². The van der Waals surface area contributed by atoms with Gasteiger partial charge in [-0.25, -0.2) is 4.98 Å². The monoisotopic (exact) mass is 218 g/mol. The Hall–Kier alpha value is -1.54. The second-order valence-electron chi connectivity index (χ2n) is 2.96. The van der Waals surface area contributed by atoms with Gasteiger partial charge in [-0.1, -0.05) is 29.8 Å². The Balaban J connectivity index is 2.49. The highest BCUT2D eigenvalue weighted by Gasteiger charge is 2.04. The fourth-order valence-electron chi connectivity index (χ4n) is 1.28. The highest BCUT2D eigenvalue weighted by molar-refractivity contribution is 6.33. The lowest BCUT2D eigenvalue weighted by molar-refractivity contribution is 0.398. The van der Waals surface area contributed by atoms with Crippen LogP contribution in [0.4, 0.5) is 0 Å². The van der Waals surface area contributed by atoms with Crippen molar-refractivity contribution in [2.75, 3.05) is 7.11 Å². The van der Waals surface area contributed by atoms with E-state index < -0.39 is 0 Å². The minimum Gasteiger partial charge on any atom is -0.481 e. The summed E-state index contributed by atoms with van der Waals surface area (Å²) in [7, 11) is 1.58. The van der Waals surface area contributed by atoms with Crippen LogP contribution in [0.3, 0.4) is 0 Å². The average Bonchev–Trinajstić information content (AvgIpc) is 2.30. The van der Waals surface area contributed by atoms with Crippen LogP contribution in [0, 0.1) is 6.07 Å². The molecule has 0 bridgehead atoms. The molecule has 0 saturated carbocycles. The molecule has 0 fully saturated rings. The van der Waals surface area contributed by atoms with E-state index in [1.165, 1.54) is 0 Å². The van der Waals surface area contributed by atoms with Gasteiger partial charge in [0.1, 0.15) is 0 Å². The maximum Gasteiger partial charge on any atom is 0.213 e. The summed E-state index contributed by atoms with van der Waals surface area (Å²) in [6.07, 6.45) is 0. The molecule has 0 aliphatic carbocycles. The molecule has 1 aromatic carbocycles. The minimum absolute atomic E-state index is 0.559. The third-order valence-corrected chi connectivity index (χ3v) is 2.34. The summed E-state index contributed by atoms with van der Waals surface area (Å²) in [6.45, 7) is 0. The van der Waals surface area contributed by atoms with E-state index in [9.17, 15) is 0 Å². The summed E-state index contributed by atoms with van der Waals surface area (Å²) in [6, 6.07) is 14.1. The van der Waals surface area contributed by atoms with Crippen molar-refractivity contribution < 1.29 is 4.74 Å². The van der Waals surface area contributed by atoms with Gasteiger partial charge in [0.25, 0.3) is 0 Å². The van der Waals surface area contributed by atoms with Crippen LogP contribution in [0.1, 0.15) is 0 Å². The fraction of sp³-hybridized carbons (Fsp3) is 0.0833. The summed E-state index contributed by atoms with van der Waals surface area (Å²) in [5.74, 6) is 0.559. The predicted octanol–water partition coefficient (Wildman–Crippen LogP) is 3.21. The molecular weight excluding hydrogens is 210 g/mol. The van der Waals surface area contributed by atoms with Gasteiger partial charge in [-0.3, -0.25) is 0 Å². The summed E-state index contributed by atoms with van der Waals surface area (Å²) < 4.78 is 5.04. The molecule has 2 aromatic rings. The lowest BCUT2D eigenvalue weighted by atomic mass is 10.1. The Kier molecular flexibility index (Phi) is 2.88. The summed E-state index contributed by atoms with van der Waals surface area (Å²) >= 11 is 6.05. The molecule has 0 N–H and O–H groups in total. The topological polar surface area (TPSA) is 22.1 Å². The van der Waals surface area contributed by atoms with Gasteiger partial charge in [-0.2, -0.15) is 0 Å². The normalized spacial score (nSPS) is 10.0. The largest absolute Gasteiger partial charge is 0.481 e. The minimum atomic E-state index is 0.559. The van der Waals surface area contributed by atoms with Crippen LogP contribution in [-0.2, 0) is 0 Å². The number of pyridine rings is 1. The number of hydrogen-bond donors (Lipinski definition) is 0. The first-order valence-corrected chi connectivity index (χ1v) is 4.86. The highest BCUT2D eigenvalue weighted by atomic mass is 35.5. The van der Waals surface area contributed by atoms with Crippen molar-refractivity contribution in [3.63, 3.8) is 0 Å². The van der Waals surface area contributed by atoms with Gasteiger partial charge >= 0.3 is 0 Å². The van der Waals surface area contributed by atoms with Crippen LogP contribution >= 0.6 is 11.6 Å².